The predicted octanol–water partition coefficient (Wildman–Crippen LogP) is 1.89. The Bertz CT molecular complexity index is 229. The van der Waals surface area contributed by atoms with Crippen LogP contribution in [0.15, 0.2) is 0 Å². The van der Waals surface area contributed by atoms with Gasteiger partial charge in [-0.25, -0.2) is 0 Å². The second-order valence-corrected chi connectivity index (χ2v) is 6.11. The molecule has 5 atom stereocenters. The van der Waals surface area contributed by atoms with Crippen molar-refractivity contribution in [3.8, 4) is 0 Å². The van der Waals surface area contributed by atoms with Crippen LogP contribution in [0.1, 0.15) is 44.9 Å². The SMILES string of the molecule is NC1CCC(NCC2CC3CCC2C3)C1. The summed E-state index contributed by atoms with van der Waals surface area (Å²) < 4.78 is 0. The van der Waals surface area contributed by atoms with Gasteiger partial charge in [0.2, 0.25) is 0 Å². The fourth-order valence-electron chi connectivity index (χ4n) is 4.15. The van der Waals surface area contributed by atoms with Crippen molar-refractivity contribution in [2.24, 2.45) is 23.5 Å². The number of nitrogens with one attached hydrogen (secondary N) is 1. The van der Waals surface area contributed by atoms with Crippen LogP contribution in [0.2, 0.25) is 0 Å². The van der Waals surface area contributed by atoms with Crippen molar-refractivity contribution in [3.05, 3.63) is 0 Å². The average Bonchev–Trinajstić information content (AvgIpc) is 2.90. The van der Waals surface area contributed by atoms with E-state index in [1.165, 1.54) is 51.5 Å². The molecule has 0 radical (unpaired) electrons. The Balaban J connectivity index is 1.43. The molecule has 15 heavy (non-hydrogen) atoms. The maximum Gasteiger partial charge on any atom is 0.00824 e. The van der Waals surface area contributed by atoms with Gasteiger partial charge >= 0.3 is 0 Å². The summed E-state index contributed by atoms with van der Waals surface area (Å²) in [7, 11) is 0. The van der Waals surface area contributed by atoms with Crippen LogP contribution in [0.3, 0.4) is 0 Å². The Morgan fingerprint density at radius 2 is 1.93 bits per heavy atom. The molecule has 3 aliphatic rings. The molecule has 5 unspecified atom stereocenters. The molecule has 3 aliphatic carbocycles. The molecule has 0 amide bonds. The minimum atomic E-state index is 0.475. The second kappa shape index (κ2) is 4.06. The lowest BCUT2D eigenvalue weighted by Crippen LogP contribution is -2.34. The van der Waals surface area contributed by atoms with Gasteiger partial charge in [-0.15, -0.1) is 0 Å². The summed E-state index contributed by atoms with van der Waals surface area (Å²) in [6, 6.07) is 1.21. The number of fused-ring (bicyclic) bond motifs is 2. The molecule has 0 aromatic carbocycles. The first-order valence-electron chi connectivity index (χ1n) is 6.80. The molecule has 3 saturated carbocycles. The van der Waals surface area contributed by atoms with Crippen molar-refractivity contribution in [2.45, 2.75) is 57.0 Å². The van der Waals surface area contributed by atoms with Gasteiger partial charge in [-0.3, -0.25) is 0 Å². The summed E-state index contributed by atoms with van der Waals surface area (Å²) in [5.74, 6) is 3.16. The highest BCUT2D eigenvalue weighted by atomic mass is 14.9. The zero-order chi connectivity index (χ0) is 10.3. The molecule has 2 nitrogen and oxygen atoms in total. The van der Waals surface area contributed by atoms with Crippen molar-refractivity contribution < 1.29 is 0 Å². The Morgan fingerprint density at radius 3 is 2.53 bits per heavy atom. The standard InChI is InChI=1S/C13H24N2/c14-12-3-4-13(7-12)15-8-11-6-9-1-2-10(11)5-9/h9-13,15H,1-8,14H2. The van der Waals surface area contributed by atoms with E-state index in [1.54, 1.807) is 0 Å². The van der Waals surface area contributed by atoms with Gasteiger partial charge in [0.25, 0.3) is 0 Å². The third-order valence-corrected chi connectivity index (χ3v) is 5.03. The average molecular weight is 208 g/mol. The fourth-order valence-corrected chi connectivity index (χ4v) is 4.15. The van der Waals surface area contributed by atoms with Gasteiger partial charge in [0, 0.05) is 12.1 Å². The maximum atomic E-state index is 5.93. The smallest absolute Gasteiger partial charge is 0.00824 e. The van der Waals surface area contributed by atoms with Crippen LogP contribution < -0.4 is 11.1 Å². The van der Waals surface area contributed by atoms with Crippen molar-refractivity contribution in [3.63, 3.8) is 0 Å². The van der Waals surface area contributed by atoms with Crippen LogP contribution in [-0.2, 0) is 0 Å². The highest BCUT2D eigenvalue weighted by Crippen LogP contribution is 2.48. The van der Waals surface area contributed by atoms with Crippen molar-refractivity contribution in [1.29, 1.82) is 0 Å². The highest BCUT2D eigenvalue weighted by molar-refractivity contribution is 4.92. The zero-order valence-electron chi connectivity index (χ0n) is 9.62. The van der Waals surface area contributed by atoms with E-state index in [9.17, 15) is 0 Å². The van der Waals surface area contributed by atoms with Crippen molar-refractivity contribution >= 4 is 0 Å². The van der Waals surface area contributed by atoms with Crippen LogP contribution in [0.4, 0.5) is 0 Å². The Hall–Kier alpha value is -0.0800. The van der Waals surface area contributed by atoms with E-state index in [1.807, 2.05) is 0 Å². The summed E-state index contributed by atoms with van der Waals surface area (Å²) in [5.41, 5.74) is 5.93. The molecule has 3 fully saturated rings. The Morgan fingerprint density at radius 1 is 1.00 bits per heavy atom. The lowest BCUT2D eigenvalue weighted by molar-refractivity contribution is 0.305. The fraction of sp³-hybridized carbons (Fsp3) is 1.00. The summed E-state index contributed by atoms with van der Waals surface area (Å²) in [6.07, 6.45) is 9.83. The minimum Gasteiger partial charge on any atom is -0.328 e. The van der Waals surface area contributed by atoms with E-state index in [2.05, 4.69) is 5.32 Å². The van der Waals surface area contributed by atoms with Crippen LogP contribution >= 0.6 is 0 Å². The normalized spacial score (nSPS) is 49.0. The van der Waals surface area contributed by atoms with Crippen LogP contribution in [-0.4, -0.2) is 18.6 Å². The van der Waals surface area contributed by atoms with Gasteiger partial charge in [-0.1, -0.05) is 6.42 Å². The van der Waals surface area contributed by atoms with Crippen molar-refractivity contribution in [2.75, 3.05) is 6.54 Å². The summed E-state index contributed by atoms with van der Waals surface area (Å²) in [4.78, 5) is 0. The van der Waals surface area contributed by atoms with Gasteiger partial charge in [-0.2, -0.15) is 0 Å². The number of hydrogen-bond donors (Lipinski definition) is 2. The molecular weight excluding hydrogens is 184 g/mol. The Labute approximate surface area is 93.0 Å². The van der Waals surface area contributed by atoms with E-state index in [4.69, 9.17) is 5.73 Å². The topological polar surface area (TPSA) is 38.0 Å². The van der Waals surface area contributed by atoms with E-state index < -0.39 is 0 Å². The number of rotatable bonds is 3. The predicted molar refractivity (Wildman–Crippen MR) is 62.6 cm³/mol. The van der Waals surface area contributed by atoms with Gasteiger partial charge < -0.3 is 11.1 Å². The molecule has 86 valence electrons. The largest absolute Gasteiger partial charge is 0.328 e. The second-order valence-electron chi connectivity index (χ2n) is 6.11. The molecule has 3 rings (SSSR count). The molecule has 0 aromatic rings. The third kappa shape index (κ3) is 2.07. The third-order valence-electron chi connectivity index (χ3n) is 5.03. The molecule has 0 heterocycles. The molecular formula is C13H24N2. The van der Waals surface area contributed by atoms with E-state index in [0.717, 1.165) is 23.8 Å². The van der Waals surface area contributed by atoms with Crippen LogP contribution in [0, 0.1) is 17.8 Å². The van der Waals surface area contributed by atoms with E-state index in [0.29, 0.717) is 6.04 Å². The highest BCUT2D eigenvalue weighted by Gasteiger charge is 2.39. The minimum absolute atomic E-state index is 0.475. The first-order valence-corrected chi connectivity index (χ1v) is 6.80. The number of hydrogen-bond acceptors (Lipinski definition) is 2. The molecule has 0 spiro atoms. The van der Waals surface area contributed by atoms with Gasteiger partial charge in [-0.05, 0) is 62.8 Å². The molecule has 2 bridgehead atoms. The first-order chi connectivity index (χ1) is 7.31. The molecule has 0 aromatic heterocycles. The summed E-state index contributed by atoms with van der Waals surface area (Å²) in [6.45, 7) is 1.28. The van der Waals surface area contributed by atoms with E-state index in [-0.39, 0.29) is 0 Å². The zero-order valence-corrected chi connectivity index (χ0v) is 9.62. The molecule has 0 aliphatic heterocycles. The van der Waals surface area contributed by atoms with Crippen LogP contribution in [0.25, 0.3) is 0 Å². The maximum absolute atomic E-state index is 5.93. The van der Waals surface area contributed by atoms with Gasteiger partial charge in [0.15, 0.2) is 0 Å². The molecule has 2 heteroatoms. The lowest BCUT2D eigenvalue weighted by Gasteiger charge is -2.24. The molecule has 0 saturated heterocycles. The first kappa shape index (κ1) is 10.1. The Kier molecular flexibility index (Phi) is 2.73. The number of nitrogens with two attached hydrogens (primary N) is 1. The quantitative estimate of drug-likeness (QED) is 0.743. The van der Waals surface area contributed by atoms with Gasteiger partial charge in [0.1, 0.15) is 0 Å². The van der Waals surface area contributed by atoms with E-state index >= 15 is 0 Å². The van der Waals surface area contributed by atoms with Crippen molar-refractivity contribution in [1.82, 2.24) is 5.32 Å². The van der Waals surface area contributed by atoms with Crippen LogP contribution in [0.5, 0.6) is 0 Å². The monoisotopic (exact) mass is 208 g/mol. The summed E-state index contributed by atoms with van der Waals surface area (Å²) >= 11 is 0. The summed E-state index contributed by atoms with van der Waals surface area (Å²) in [5, 5.41) is 3.76. The van der Waals surface area contributed by atoms with Gasteiger partial charge in [0.05, 0.1) is 0 Å². The lowest BCUT2D eigenvalue weighted by atomic mass is 9.88. The molecule has 3 N–H and O–H groups in total.